The van der Waals surface area contributed by atoms with Gasteiger partial charge in [-0.05, 0) is 185 Å². The lowest BCUT2D eigenvalue weighted by Gasteiger charge is -2.58. The molecule has 4 aliphatic carbocycles. The molecule has 0 aromatic rings. The van der Waals surface area contributed by atoms with E-state index in [9.17, 15) is 14.4 Å². The zero-order chi connectivity index (χ0) is 45.2. The van der Waals surface area contributed by atoms with Crippen LogP contribution in [0.25, 0.3) is 0 Å². The maximum atomic E-state index is 13.8. The van der Waals surface area contributed by atoms with Crippen LogP contribution < -0.4 is 16.0 Å². The lowest BCUT2D eigenvalue weighted by Crippen LogP contribution is -2.50. The van der Waals surface area contributed by atoms with Crippen molar-refractivity contribution < 1.29 is 24.2 Å². The number of rotatable bonds is 23. The molecule has 0 aliphatic heterocycles. The Kier molecular flexibility index (Phi) is 19.2. The summed E-state index contributed by atoms with van der Waals surface area (Å²) in [5.74, 6) is 6.16. The van der Waals surface area contributed by atoms with Gasteiger partial charge >= 0.3 is 12.2 Å². The molecule has 0 spiro atoms. The van der Waals surface area contributed by atoms with Gasteiger partial charge in [0, 0.05) is 41.6 Å². The van der Waals surface area contributed by atoms with E-state index < -0.39 is 28.9 Å². The summed E-state index contributed by atoms with van der Waals surface area (Å²) in [5, 5.41) is 18.7. The van der Waals surface area contributed by atoms with Crippen LogP contribution >= 0.6 is 21.6 Å². The number of amides is 3. The fraction of sp³-hybridized carbons (Fsp3) is 0.900. The third-order valence-electron chi connectivity index (χ3n) is 15.5. The molecule has 11 heteroatoms. The molecule has 3 fully saturated rings. The van der Waals surface area contributed by atoms with Gasteiger partial charge in [0.2, 0.25) is 5.91 Å². The summed E-state index contributed by atoms with van der Waals surface area (Å²) < 4.78 is 5.52. The molecule has 1 unspecified atom stereocenters. The van der Waals surface area contributed by atoms with Gasteiger partial charge in [0.25, 0.3) is 0 Å². The van der Waals surface area contributed by atoms with Crippen LogP contribution in [0.3, 0.4) is 0 Å². The van der Waals surface area contributed by atoms with E-state index in [-0.39, 0.29) is 5.91 Å². The summed E-state index contributed by atoms with van der Waals surface area (Å²) in [7, 11) is 3.91. The lowest BCUT2D eigenvalue weighted by molar-refractivity contribution is -0.131. The molecule has 0 saturated heterocycles. The highest BCUT2D eigenvalue weighted by Crippen LogP contribution is 2.67. The molecule has 0 radical (unpaired) electrons. The van der Waals surface area contributed by atoms with Crippen LogP contribution in [0.2, 0.25) is 0 Å². The quantitative estimate of drug-likeness (QED) is 0.0455. The molecule has 0 aromatic carbocycles. The summed E-state index contributed by atoms with van der Waals surface area (Å²) in [6.07, 6.45) is 19.9. The monoisotopic (exact) mass is 891 g/mol. The van der Waals surface area contributed by atoms with Gasteiger partial charge in [-0.15, -0.1) is 0 Å². The molecule has 3 saturated carbocycles. The first-order valence-corrected chi connectivity index (χ1v) is 26.8. The van der Waals surface area contributed by atoms with E-state index in [1.54, 1.807) is 5.57 Å². The lowest BCUT2D eigenvalue weighted by atomic mass is 9.47. The van der Waals surface area contributed by atoms with Crippen LogP contribution in [0.5, 0.6) is 0 Å². The summed E-state index contributed by atoms with van der Waals surface area (Å²) in [6.45, 7) is 28.8. The average molecular weight is 891 g/mol. The Hall–Kier alpha value is -1.59. The zero-order valence-corrected chi connectivity index (χ0v) is 42.4. The van der Waals surface area contributed by atoms with Gasteiger partial charge in [-0.1, -0.05) is 87.1 Å². The number of hydrogen-bond donors (Lipinski definition) is 4. The number of fused-ring (bicyclic) bond motifs is 5. The number of ether oxygens (including phenoxy) is 1. The Morgan fingerprint density at radius 2 is 1.59 bits per heavy atom. The number of carbonyl (C=O) groups excluding carboxylic acids is 2. The maximum Gasteiger partial charge on any atom is 0.408 e. The Labute approximate surface area is 380 Å². The minimum atomic E-state index is -1.01. The van der Waals surface area contributed by atoms with E-state index in [4.69, 9.17) is 9.84 Å². The van der Waals surface area contributed by atoms with E-state index in [1.807, 2.05) is 75.0 Å². The normalized spacial score (nSPS) is 28.3. The van der Waals surface area contributed by atoms with Crippen molar-refractivity contribution in [3.8, 4) is 0 Å². The fourth-order valence-electron chi connectivity index (χ4n) is 12.0. The smallest absolute Gasteiger partial charge is 0.408 e. The molecule has 0 bridgehead atoms. The number of unbranched alkanes of at least 4 members (excludes halogenated alkanes) is 1. The van der Waals surface area contributed by atoms with Crippen LogP contribution in [0.15, 0.2) is 11.6 Å². The van der Waals surface area contributed by atoms with Crippen molar-refractivity contribution in [2.75, 3.05) is 31.9 Å². The SMILES string of the molecule is CC(C)CCCC(C)[C@H]1CC[C@H]2[C@@H]3CC=C4C[C@@H](SSCCC(=O)N(CCCCNCCC(C)(C)NC(=O)O)CCC(C)(C)NC(=O)OC(C)(C)C)CC[C@]4(C)[C@H]3CC[C@]12C. The predicted octanol–water partition coefficient (Wildman–Crippen LogP) is 12.5. The second-order valence-corrected chi connectivity index (χ2v) is 25.8. The molecule has 352 valence electrons. The molecule has 61 heavy (non-hydrogen) atoms. The Morgan fingerprint density at radius 1 is 0.869 bits per heavy atom. The molecule has 4 aliphatic rings. The molecule has 4 N–H and O–H groups in total. The standard InChI is InChI=1S/C50H90N4O5S2/c1-35(2)16-15-17-36(3)40-20-21-41-39-19-18-37-34-38(22-25-49(37,11)42(39)23-26-50(40,41)12)61-60-33-24-43(55)54(32-28-48(9,10)53-45(58)59-46(4,5)6)31-14-13-29-51-30-27-47(7,8)52-44(56)57/h18,35-36,38-42,51-52H,13-17,19-34H2,1-12H3,(H,53,58)(H,56,57)/t36?,38-,39-,40+,41-,42-,49-,50+/m0/s1. The van der Waals surface area contributed by atoms with E-state index >= 15 is 0 Å². The number of carboxylic acid groups (broad SMARTS) is 1. The van der Waals surface area contributed by atoms with E-state index in [0.717, 1.165) is 60.6 Å². The van der Waals surface area contributed by atoms with E-state index in [2.05, 4.69) is 56.6 Å². The van der Waals surface area contributed by atoms with Gasteiger partial charge in [0.05, 0.1) is 0 Å². The third kappa shape index (κ3) is 15.5. The van der Waals surface area contributed by atoms with Crippen LogP contribution in [-0.4, -0.2) is 82.0 Å². The highest BCUT2D eigenvalue weighted by atomic mass is 33.1. The molecule has 3 amide bonds. The van der Waals surface area contributed by atoms with Crippen LogP contribution in [-0.2, 0) is 9.53 Å². The summed E-state index contributed by atoms with van der Waals surface area (Å²) in [4.78, 5) is 39.4. The predicted molar refractivity (Wildman–Crippen MR) is 258 cm³/mol. The Morgan fingerprint density at radius 3 is 2.28 bits per heavy atom. The Bertz CT molecular complexity index is 1460. The first-order valence-electron chi connectivity index (χ1n) is 24.4. The highest BCUT2D eigenvalue weighted by Gasteiger charge is 2.59. The second kappa shape index (κ2) is 22.5. The zero-order valence-electron chi connectivity index (χ0n) is 40.8. The van der Waals surface area contributed by atoms with Crippen molar-refractivity contribution in [2.24, 2.45) is 46.3 Å². The molecule has 9 nitrogen and oxygen atoms in total. The Balaban J connectivity index is 1.25. The minimum absolute atomic E-state index is 0.177. The van der Waals surface area contributed by atoms with Crippen LogP contribution in [0.4, 0.5) is 9.59 Å². The van der Waals surface area contributed by atoms with Gasteiger partial charge in [0.1, 0.15) is 5.60 Å². The topological polar surface area (TPSA) is 120 Å². The van der Waals surface area contributed by atoms with Crippen molar-refractivity contribution in [1.29, 1.82) is 0 Å². The van der Waals surface area contributed by atoms with Crippen molar-refractivity contribution in [2.45, 2.75) is 208 Å². The van der Waals surface area contributed by atoms with Crippen molar-refractivity contribution in [3.05, 3.63) is 11.6 Å². The largest absolute Gasteiger partial charge is 0.465 e. The average Bonchev–Trinajstić information content (AvgIpc) is 3.49. The van der Waals surface area contributed by atoms with Gasteiger partial charge in [-0.3, -0.25) is 4.79 Å². The number of alkyl carbamates (subject to hydrolysis) is 1. The number of nitrogens with one attached hydrogen (secondary N) is 3. The molecular formula is C50H90N4O5S2. The van der Waals surface area contributed by atoms with E-state index in [0.29, 0.717) is 55.0 Å². The number of nitrogens with zero attached hydrogens (tertiary/aromatic N) is 1. The maximum absolute atomic E-state index is 13.8. The highest BCUT2D eigenvalue weighted by molar-refractivity contribution is 8.76. The van der Waals surface area contributed by atoms with Crippen molar-refractivity contribution >= 4 is 39.7 Å². The summed E-state index contributed by atoms with van der Waals surface area (Å²) in [5.41, 5.74) is 1.04. The number of carbonyl (C=O) groups is 3. The van der Waals surface area contributed by atoms with Gasteiger partial charge in [-0.25, -0.2) is 9.59 Å². The van der Waals surface area contributed by atoms with E-state index in [1.165, 1.54) is 70.6 Å². The number of allylic oxidation sites excluding steroid dienone is 2. The second-order valence-electron chi connectivity index (χ2n) is 23.0. The summed E-state index contributed by atoms with van der Waals surface area (Å²) >= 11 is 0. The van der Waals surface area contributed by atoms with Gasteiger partial charge in [-0.2, -0.15) is 0 Å². The van der Waals surface area contributed by atoms with Crippen molar-refractivity contribution in [1.82, 2.24) is 20.9 Å². The molecule has 0 heterocycles. The first kappa shape index (κ1) is 52.0. The fourth-order valence-corrected chi connectivity index (χ4v) is 14.6. The molecule has 4 rings (SSSR count). The molecular weight excluding hydrogens is 801 g/mol. The van der Waals surface area contributed by atoms with Gasteiger partial charge < -0.3 is 30.7 Å². The summed E-state index contributed by atoms with van der Waals surface area (Å²) in [6, 6.07) is 0. The third-order valence-corrected chi connectivity index (χ3v) is 18.4. The number of hydrogen-bond acceptors (Lipinski definition) is 7. The molecule has 8 atom stereocenters. The molecule has 0 aromatic heterocycles. The van der Waals surface area contributed by atoms with Crippen LogP contribution in [0.1, 0.15) is 186 Å². The van der Waals surface area contributed by atoms with Gasteiger partial charge in [0.15, 0.2) is 0 Å². The first-order chi connectivity index (χ1) is 28.4. The minimum Gasteiger partial charge on any atom is -0.465 e. The van der Waals surface area contributed by atoms with Crippen LogP contribution in [0, 0.1) is 46.3 Å². The van der Waals surface area contributed by atoms with Crippen molar-refractivity contribution in [3.63, 3.8) is 0 Å².